The molecule has 1 unspecified atom stereocenters. The Balaban J connectivity index is 1.46. The van der Waals surface area contributed by atoms with E-state index in [1.54, 1.807) is 0 Å². The largest absolute Gasteiger partial charge is 0.481 e. The first-order chi connectivity index (χ1) is 20.1. The van der Waals surface area contributed by atoms with E-state index in [1.165, 1.54) is 11.8 Å². The zero-order valence-electron chi connectivity index (χ0n) is 24.3. The molecular formula is C32H36N2O7S. The van der Waals surface area contributed by atoms with Crippen LogP contribution in [0.1, 0.15) is 52.8 Å². The smallest absolute Gasteiger partial charge is 0.339 e. The molecule has 42 heavy (non-hydrogen) atoms. The van der Waals surface area contributed by atoms with Gasteiger partial charge in [-0.3, -0.25) is 14.4 Å². The Labute approximate surface area is 248 Å². The van der Waals surface area contributed by atoms with Crippen molar-refractivity contribution < 1.29 is 28.3 Å². The molecule has 222 valence electrons. The Morgan fingerprint density at radius 2 is 1.62 bits per heavy atom. The lowest BCUT2D eigenvalue weighted by molar-refractivity contribution is -0.137. The summed E-state index contributed by atoms with van der Waals surface area (Å²) in [4.78, 5) is 49.7. The number of amides is 2. The van der Waals surface area contributed by atoms with Gasteiger partial charge in [-0.15, -0.1) is 0 Å². The molecule has 0 saturated carbocycles. The number of carbonyl (C=O) groups excluding carboxylic acids is 2. The van der Waals surface area contributed by atoms with Gasteiger partial charge in [-0.05, 0) is 63.3 Å². The highest BCUT2D eigenvalue weighted by molar-refractivity contribution is 7.98. The molecule has 2 aromatic carbocycles. The van der Waals surface area contributed by atoms with E-state index < -0.39 is 17.6 Å². The van der Waals surface area contributed by atoms with Gasteiger partial charge in [0, 0.05) is 52.8 Å². The number of carbonyl (C=O) groups is 3. The molecule has 0 aliphatic rings. The summed E-state index contributed by atoms with van der Waals surface area (Å²) >= 11 is 1.51. The van der Waals surface area contributed by atoms with Crippen LogP contribution in [0, 0.1) is 27.7 Å². The van der Waals surface area contributed by atoms with Crippen LogP contribution in [0.5, 0.6) is 0 Å². The summed E-state index contributed by atoms with van der Waals surface area (Å²) in [5.41, 5.74) is 4.73. The van der Waals surface area contributed by atoms with E-state index in [-0.39, 0.29) is 37.6 Å². The van der Waals surface area contributed by atoms with Crippen LogP contribution >= 0.6 is 11.8 Å². The second-order valence-corrected chi connectivity index (χ2v) is 11.5. The topological polar surface area (TPSA) is 139 Å². The average Bonchev–Trinajstić information content (AvgIpc) is 3.25. The fraction of sp³-hybridized carbons (Fsp3) is 0.375. The quantitative estimate of drug-likeness (QED) is 0.144. The zero-order valence-corrected chi connectivity index (χ0v) is 25.1. The van der Waals surface area contributed by atoms with E-state index in [0.717, 1.165) is 38.8 Å². The Kier molecular flexibility index (Phi) is 10.1. The lowest BCUT2D eigenvalue weighted by Crippen LogP contribution is -2.48. The number of hydrogen-bond donors (Lipinski definition) is 3. The number of rotatable bonds is 13. The highest BCUT2D eigenvalue weighted by atomic mass is 32.2. The summed E-state index contributed by atoms with van der Waals surface area (Å²) in [5.74, 6) is 0.132. The lowest BCUT2D eigenvalue weighted by atomic mass is 9.98. The number of furan rings is 1. The van der Waals surface area contributed by atoms with Gasteiger partial charge in [0.25, 0.3) is 0 Å². The summed E-state index contributed by atoms with van der Waals surface area (Å²) < 4.78 is 11.6. The molecular weight excluding hydrogens is 556 g/mol. The highest BCUT2D eigenvalue weighted by Gasteiger charge is 2.23. The van der Waals surface area contributed by atoms with Crippen LogP contribution in [-0.2, 0) is 26.6 Å². The van der Waals surface area contributed by atoms with Crippen molar-refractivity contribution in [2.24, 2.45) is 0 Å². The van der Waals surface area contributed by atoms with Crippen LogP contribution in [0.4, 0.5) is 0 Å². The van der Waals surface area contributed by atoms with Gasteiger partial charge in [-0.25, -0.2) is 4.79 Å². The van der Waals surface area contributed by atoms with E-state index in [2.05, 4.69) is 10.6 Å². The van der Waals surface area contributed by atoms with Crippen molar-refractivity contribution in [2.45, 2.75) is 65.2 Å². The molecule has 0 aliphatic carbocycles. The maximum atomic E-state index is 13.0. The minimum atomic E-state index is -0.935. The molecule has 1 atom stereocenters. The number of nitrogens with one attached hydrogen (secondary N) is 2. The number of carboxylic acids is 1. The number of carboxylic acid groups (broad SMARTS) is 1. The van der Waals surface area contributed by atoms with E-state index in [0.29, 0.717) is 34.7 Å². The van der Waals surface area contributed by atoms with E-state index in [9.17, 15) is 19.2 Å². The predicted octanol–water partition coefficient (Wildman–Crippen LogP) is 5.10. The molecule has 0 aliphatic heterocycles. The summed E-state index contributed by atoms with van der Waals surface area (Å²) in [6.45, 7) is 7.80. The first-order valence-electron chi connectivity index (χ1n) is 13.9. The average molecular weight is 593 g/mol. The second kappa shape index (κ2) is 13.7. The van der Waals surface area contributed by atoms with Crippen LogP contribution in [0.25, 0.3) is 21.9 Å². The van der Waals surface area contributed by atoms with Crippen molar-refractivity contribution in [2.75, 3.05) is 12.3 Å². The first-order valence-corrected chi connectivity index (χ1v) is 15.1. The molecule has 3 N–H and O–H groups in total. The molecule has 2 amide bonds. The van der Waals surface area contributed by atoms with Gasteiger partial charge >= 0.3 is 11.6 Å². The molecule has 0 saturated heterocycles. The molecule has 4 rings (SSSR count). The summed E-state index contributed by atoms with van der Waals surface area (Å²) in [6, 6.07) is 11.0. The summed E-state index contributed by atoms with van der Waals surface area (Å²) in [6.07, 6.45) is 0.382. The Morgan fingerprint density at radius 3 is 2.33 bits per heavy atom. The van der Waals surface area contributed by atoms with Crippen LogP contribution in [-0.4, -0.2) is 41.2 Å². The first kappa shape index (κ1) is 30.9. The van der Waals surface area contributed by atoms with Crippen LogP contribution in [0.2, 0.25) is 0 Å². The Hall–Kier alpha value is -4.05. The zero-order chi connectivity index (χ0) is 30.4. The predicted molar refractivity (Wildman–Crippen MR) is 164 cm³/mol. The molecule has 2 aromatic heterocycles. The fourth-order valence-electron chi connectivity index (χ4n) is 4.91. The number of fused-ring (bicyclic) bond motifs is 2. The third kappa shape index (κ3) is 7.23. The number of benzene rings is 2. The van der Waals surface area contributed by atoms with Crippen LogP contribution in [0.15, 0.2) is 50.0 Å². The van der Waals surface area contributed by atoms with E-state index in [1.807, 2.05) is 64.1 Å². The maximum absolute atomic E-state index is 13.0. The molecule has 0 radical (unpaired) electrons. The molecule has 0 fully saturated rings. The Bertz CT molecular complexity index is 1670. The minimum absolute atomic E-state index is 0.00563. The van der Waals surface area contributed by atoms with Gasteiger partial charge in [0.1, 0.15) is 23.0 Å². The fourth-order valence-corrected chi connectivity index (χ4v) is 5.93. The second-order valence-electron chi connectivity index (χ2n) is 10.4. The summed E-state index contributed by atoms with van der Waals surface area (Å²) in [5, 5.41) is 16.1. The van der Waals surface area contributed by atoms with Gasteiger partial charge in [-0.1, -0.05) is 30.3 Å². The Morgan fingerprint density at radius 1 is 0.929 bits per heavy atom. The molecule has 9 nitrogen and oxygen atoms in total. The van der Waals surface area contributed by atoms with E-state index >= 15 is 0 Å². The standard InChI is InChI=1S/C32H36N2O7S/c1-18-21(4)40-29-20(3)30-25(15-24(18)29)19(2)23(32(39)41-30)12-13-27(35)34-26(31(38)33-14-8-11-28(36)37)17-42-16-22-9-6-5-7-10-22/h5-7,9-10,15,26H,8,11-14,16-17H2,1-4H3,(H,33,38)(H,34,35)(H,36,37). The van der Waals surface area contributed by atoms with Gasteiger partial charge in [-0.2, -0.15) is 11.8 Å². The van der Waals surface area contributed by atoms with Crippen LogP contribution < -0.4 is 16.3 Å². The molecule has 0 bridgehead atoms. The van der Waals surface area contributed by atoms with Gasteiger partial charge in [0.2, 0.25) is 11.8 Å². The number of thioether (sulfide) groups is 1. The highest BCUT2D eigenvalue weighted by Crippen LogP contribution is 2.34. The normalized spacial score (nSPS) is 12.0. The SMILES string of the molecule is Cc1oc2c(C)c3oc(=O)c(CCC(=O)NC(CSCc4ccccc4)C(=O)NCCCC(=O)O)c(C)c3cc2c1C. The van der Waals surface area contributed by atoms with Crippen molar-refractivity contribution >= 4 is 51.5 Å². The van der Waals surface area contributed by atoms with Crippen molar-refractivity contribution in [3.63, 3.8) is 0 Å². The minimum Gasteiger partial charge on any atom is -0.481 e. The van der Waals surface area contributed by atoms with Gasteiger partial charge in [0.05, 0.1) is 0 Å². The van der Waals surface area contributed by atoms with Crippen molar-refractivity contribution in [3.05, 3.63) is 80.4 Å². The third-order valence-electron chi connectivity index (χ3n) is 7.46. The summed E-state index contributed by atoms with van der Waals surface area (Å²) in [7, 11) is 0. The van der Waals surface area contributed by atoms with E-state index in [4.69, 9.17) is 13.9 Å². The van der Waals surface area contributed by atoms with Crippen LogP contribution in [0.3, 0.4) is 0 Å². The lowest BCUT2D eigenvalue weighted by Gasteiger charge is -2.18. The van der Waals surface area contributed by atoms with Gasteiger partial charge < -0.3 is 24.6 Å². The molecule has 2 heterocycles. The van der Waals surface area contributed by atoms with Crippen molar-refractivity contribution in [3.8, 4) is 0 Å². The van der Waals surface area contributed by atoms with Crippen molar-refractivity contribution in [1.82, 2.24) is 10.6 Å². The van der Waals surface area contributed by atoms with Gasteiger partial charge in [0.15, 0.2) is 0 Å². The third-order valence-corrected chi connectivity index (χ3v) is 8.57. The number of hydrogen-bond acceptors (Lipinski definition) is 7. The van der Waals surface area contributed by atoms with Crippen molar-refractivity contribution in [1.29, 1.82) is 0 Å². The number of aryl methyl sites for hydroxylation is 4. The number of aliphatic carboxylic acids is 1. The molecule has 4 aromatic rings. The molecule has 0 spiro atoms. The monoisotopic (exact) mass is 592 g/mol. The molecule has 10 heteroatoms. The maximum Gasteiger partial charge on any atom is 0.339 e.